The molecule has 13 rings (SSSR count). The van der Waals surface area contributed by atoms with Gasteiger partial charge in [-0.15, -0.1) is 0 Å². The summed E-state index contributed by atoms with van der Waals surface area (Å²) in [5, 5.41) is 29.1. The molecule has 5 aromatic rings. The van der Waals surface area contributed by atoms with Gasteiger partial charge in [-0.05, 0) is 147 Å². The molecule has 8 saturated carbocycles. The van der Waals surface area contributed by atoms with Crippen LogP contribution in [-0.4, -0.2) is 31.3 Å². The molecule has 4 aromatic carbocycles. The van der Waals surface area contributed by atoms with Gasteiger partial charge in [-0.3, -0.25) is 0 Å². The minimum absolute atomic E-state index is 0.0788. The first kappa shape index (κ1) is 52.1. The number of aromatic nitrogens is 1. The third kappa shape index (κ3) is 10.3. The van der Waals surface area contributed by atoms with Crippen LogP contribution < -0.4 is 10.4 Å². The Balaban J connectivity index is 0.981. The average molecular weight is 1020 g/mol. The van der Waals surface area contributed by atoms with Crippen LogP contribution in [0.4, 0.5) is 0 Å². The van der Waals surface area contributed by atoms with Crippen LogP contribution in [0, 0.1) is 35.5 Å². The Hall–Kier alpha value is -3.94. The van der Waals surface area contributed by atoms with Crippen molar-refractivity contribution in [1.82, 2.24) is 4.98 Å². The minimum Gasteiger partial charge on any atom is -0.507 e. The summed E-state index contributed by atoms with van der Waals surface area (Å²) in [4.78, 5) is 5.64. The van der Waals surface area contributed by atoms with Crippen molar-refractivity contribution in [3.8, 4) is 56.3 Å². The summed E-state index contributed by atoms with van der Waals surface area (Å²) in [7, 11) is -3.74. The number of nitrogens with zero attached hydrogens (tertiary/aromatic N) is 1. The molecule has 0 amide bonds. The van der Waals surface area contributed by atoms with E-state index in [2.05, 4.69) is 131 Å². The number of hydrogen-bond acceptors (Lipinski definition) is 3. The predicted octanol–water partition coefficient (Wildman–Crippen LogP) is 18.6. The van der Waals surface area contributed by atoms with E-state index < -0.39 is 16.1 Å². The van der Waals surface area contributed by atoms with Gasteiger partial charge in [0.2, 0.25) is 0 Å². The lowest BCUT2D eigenvalue weighted by atomic mass is 9.48. The zero-order valence-electron chi connectivity index (χ0n) is 46.9. The van der Waals surface area contributed by atoms with E-state index in [9.17, 15) is 10.2 Å². The molecular weight excluding hydrogens is 931 g/mol. The molecule has 394 valence electrons. The summed E-state index contributed by atoms with van der Waals surface area (Å²) in [5.74, 6) is 5.87. The molecular formula is C69H93NO2Si2. The van der Waals surface area contributed by atoms with Crippen LogP contribution in [-0.2, 0) is 10.8 Å². The van der Waals surface area contributed by atoms with Gasteiger partial charge in [0.1, 0.15) is 11.5 Å². The maximum absolute atomic E-state index is 13.0. The van der Waals surface area contributed by atoms with Gasteiger partial charge < -0.3 is 10.2 Å². The summed E-state index contributed by atoms with van der Waals surface area (Å²) >= 11 is 0. The molecule has 0 aliphatic heterocycles. The Kier molecular flexibility index (Phi) is 15.1. The van der Waals surface area contributed by atoms with E-state index in [0.29, 0.717) is 11.5 Å². The molecule has 0 unspecified atom stereocenters. The molecule has 3 nitrogen and oxygen atoms in total. The Bertz CT molecular complexity index is 2530. The number of phenolic OH excluding ortho intramolecular Hbond substituents is 2. The third-order valence-electron chi connectivity index (χ3n) is 21.0. The summed E-state index contributed by atoms with van der Waals surface area (Å²) in [5.41, 5.74) is 10.9. The third-order valence-corrected chi connectivity index (χ3v) is 28.0. The van der Waals surface area contributed by atoms with Crippen molar-refractivity contribution < 1.29 is 10.2 Å². The Labute approximate surface area is 450 Å². The molecule has 74 heavy (non-hydrogen) atoms. The molecule has 0 atom stereocenters. The Morgan fingerprint density at radius 2 is 0.730 bits per heavy atom. The van der Waals surface area contributed by atoms with Crippen LogP contribution in [0.15, 0.2) is 91.0 Å². The first-order valence-corrected chi connectivity index (χ1v) is 37.1. The summed E-state index contributed by atoms with van der Waals surface area (Å²) in [6.07, 6.45) is 31.7. The fourth-order valence-corrected chi connectivity index (χ4v) is 22.7. The molecule has 2 N–H and O–H groups in total. The number of phenols is 2. The van der Waals surface area contributed by atoms with Crippen LogP contribution >= 0.6 is 0 Å². The van der Waals surface area contributed by atoms with Crippen molar-refractivity contribution in [2.24, 2.45) is 35.5 Å². The van der Waals surface area contributed by atoms with E-state index in [0.717, 1.165) is 80.3 Å². The molecule has 8 aliphatic carbocycles. The van der Waals surface area contributed by atoms with Crippen molar-refractivity contribution in [2.75, 3.05) is 0 Å². The molecule has 8 bridgehead atoms. The maximum atomic E-state index is 13.0. The van der Waals surface area contributed by atoms with E-state index in [1.54, 1.807) is 0 Å². The van der Waals surface area contributed by atoms with E-state index in [4.69, 9.17) is 4.98 Å². The van der Waals surface area contributed by atoms with Gasteiger partial charge in [0.05, 0.1) is 27.5 Å². The van der Waals surface area contributed by atoms with Gasteiger partial charge in [0, 0.05) is 33.4 Å². The lowest BCUT2D eigenvalue weighted by Gasteiger charge is -2.57. The monoisotopic (exact) mass is 1020 g/mol. The summed E-state index contributed by atoms with van der Waals surface area (Å²) in [6, 6.07) is 36.8. The van der Waals surface area contributed by atoms with Gasteiger partial charge in [0.25, 0.3) is 0 Å². The van der Waals surface area contributed by atoms with Crippen LogP contribution in [0.25, 0.3) is 44.8 Å². The lowest BCUT2D eigenvalue weighted by molar-refractivity contribution is -0.00621. The molecule has 8 fully saturated rings. The molecule has 1 heterocycles. The van der Waals surface area contributed by atoms with Crippen molar-refractivity contribution in [2.45, 2.75) is 217 Å². The molecule has 5 heteroatoms. The van der Waals surface area contributed by atoms with E-state index >= 15 is 0 Å². The second-order valence-electron chi connectivity index (χ2n) is 27.5. The van der Waals surface area contributed by atoms with E-state index in [1.165, 1.54) is 188 Å². The smallest absolute Gasteiger partial charge is 0.127 e. The van der Waals surface area contributed by atoms with E-state index in [-0.39, 0.29) is 10.8 Å². The van der Waals surface area contributed by atoms with Crippen LogP contribution in [0.5, 0.6) is 11.5 Å². The van der Waals surface area contributed by atoms with Gasteiger partial charge in [-0.2, -0.15) is 0 Å². The van der Waals surface area contributed by atoms with Crippen molar-refractivity contribution in [1.29, 1.82) is 0 Å². The second-order valence-corrected chi connectivity index (χ2v) is 37.2. The zero-order valence-corrected chi connectivity index (χ0v) is 48.9. The number of pyridine rings is 1. The van der Waals surface area contributed by atoms with Gasteiger partial charge in [0.15, 0.2) is 0 Å². The number of rotatable bonds is 22. The highest BCUT2D eigenvalue weighted by Gasteiger charge is 2.54. The highest BCUT2D eigenvalue weighted by molar-refractivity contribution is 6.90. The first-order valence-electron chi connectivity index (χ1n) is 30.7. The standard InChI is InChI=1S/C69H93NO2Si2/c1-7-9-11-13-15-21-30-73(3,4)54-38-60(66(71)62(40-54)68-42-48-32-49(43-68)34-50(33-48)44-68)56-24-17-19-26-58(56)64-28-23-29-65(70-64)59-27-20-18-25-57(59)61-39-55(74(5,6)31-22-16-14-12-10-8-2)41-63(67(61)72)69-45-51-35-52(46-69)37-53(36-51)47-69/h17-20,23-29,38-41,48-53,71-72H,7-16,21-22,30-37,42-47H2,1-6H3. The van der Waals surface area contributed by atoms with Crippen LogP contribution in [0.3, 0.4) is 0 Å². The number of benzene rings is 4. The lowest BCUT2D eigenvalue weighted by Crippen LogP contribution is -2.49. The highest BCUT2D eigenvalue weighted by Crippen LogP contribution is 2.64. The Morgan fingerprint density at radius 3 is 1.08 bits per heavy atom. The fourth-order valence-electron chi connectivity index (χ4n) is 17.8. The van der Waals surface area contributed by atoms with Crippen LogP contribution in [0.2, 0.25) is 38.3 Å². The summed E-state index contributed by atoms with van der Waals surface area (Å²) in [6.45, 7) is 15.0. The van der Waals surface area contributed by atoms with Crippen molar-refractivity contribution >= 4 is 26.5 Å². The van der Waals surface area contributed by atoms with Crippen molar-refractivity contribution in [3.63, 3.8) is 0 Å². The fraction of sp³-hybridized carbons (Fsp3) is 0.580. The molecule has 0 saturated heterocycles. The number of aromatic hydroxyl groups is 2. The predicted molar refractivity (Wildman–Crippen MR) is 320 cm³/mol. The normalized spacial score (nSPS) is 26.8. The molecule has 0 radical (unpaired) electrons. The quantitative estimate of drug-likeness (QED) is 0.0536. The van der Waals surface area contributed by atoms with Gasteiger partial charge in [-0.25, -0.2) is 4.98 Å². The largest absolute Gasteiger partial charge is 0.507 e. The highest BCUT2D eigenvalue weighted by atomic mass is 28.3. The maximum Gasteiger partial charge on any atom is 0.127 e. The minimum atomic E-state index is -1.87. The Morgan fingerprint density at radius 1 is 0.405 bits per heavy atom. The van der Waals surface area contributed by atoms with Crippen LogP contribution in [0.1, 0.15) is 179 Å². The van der Waals surface area contributed by atoms with E-state index in [1.807, 2.05) is 0 Å². The SMILES string of the molecule is CCCCCCCC[Si](C)(C)c1cc(-c2ccccc2-c2cccc(-c3ccccc3-c3cc([Si](C)(C)CCCCCCCC)cc(C45CC6CC(CC(C6)C4)C5)c3O)n2)c(O)c(C23CC4CC(CC(C4)C2)C3)c1. The average Bonchev–Trinajstić information content (AvgIpc) is 3.37. The zero-order chi connectivity index (χ0) is 51.2. The topological polar surface area (TPSA) is 53.4 Å². The molecule has 1 aromatic heterocycles. The molecule has 0 spiro atoms. The second kappa shape index (κ2) is 21.5. The molecule has 8 aliphatic rings. The first-order chi connectivity index (χ1) is 35.8. The van der Waals surface area contributed by atoms with Crippen molar-refractivity contribution in [3.05, 3.63) is 102 Å². The number of unbranched alkanes of at least 4 members (excludes halogenated alkanes) is 10. The number of hydrogen-bond donors (Lipinski definition) is 2. The van der Waals surface area contributed by atoms with Gasteiger partial charge >= 0.3 is 0 Å². The summed E-state index contributed by atoms with van der Waals surface area (Å²) < 4.78 is 0. The van der Waals surface area contributed by atoms with Gasteiger partial charge in [-0.1, -0.05) is 218 Å².